The number of alkyl halides is 3. The summed E-state index contributed by atoms with van der Waals surface area (Å²) in [6.07, 6.45) is -1.16. The van der Waals surface area contributed by atoms with Gasteiger partial charge in [0.1, 0.15) is 0 Å². The van der Waals surface area contributed by atoms with E-state index in [0.717, 1.165) is 12.3 Å². The molecule has 6 nitrogen and oxygen atoms in total. The molecule has 0 amide bonds. The minimum atomic E-state index is -4.45. The fourth-order valence-electron chi connectivity index (χ4n) is 2.92. The molecule has 1 unspecified atom stereocenters. The summed E-state index contributed by atoms with van der Waals surface area (Å²) in [5.41, 5.74) is -1.40. The van der Waals surface area contributed by atoms with Crippen LogP contribution in [-0.2, 0) is 26.0 Å². The SMILES string of the molecule is CCOOC(CC)S(=O)(=O)N1CCC(c2cncc(C(F)(F)F)c2)CC1. The van der Waals surface area contributed by atoms with Crippen LogP contribution >= 0.6 is 0 Å². The highest BCUT2D eigenvalue weighted by Gasteiger charge is 2.36. The molecule has 0 spiro atoms. The predicted molar refractivity (Wildman–Crippen MR) is 88.5 cm³/mol. The van der Waals surface area contributed by atoms with Crippen LogP contribution in [0.2, 0.25) is 0 Å². The van der Waals surface area contributed by atoms with Crippen LogP contribution in [0.1, 0.15) is 50.2 Å². The van der Waals surface area contributed by atoms with Gasteiger partial charge in [0.15, 0.2) is 0 Å². The summed E-state index contributed by atoms with van der Waals surface area (Å²) in [4.78, 5) is 13.4. The summed E-state index contributed by atoms with van der Waals surface area (Å²) < 4.78 is 65.0. The highest BCUT2D eigenvalue weighted by atomic mass is 32.2. The lowest BCUT2D eigenvalue weighted by atomic mass is 9.90. The standard InChI is InChI=1S/C16H23F3N2O4S/c1-3-15(25-24-4-2)26(22,23)21-7-5-12(6-8-21)13-9-14(11-20-10-13)16(17,18)19/h9-12,15H,3-8H2,1-2H3. The second-order valence-electron chi connectivity index (χ2n) is 6.06. The first-order valence-electron chi connectivity index (χ1n) is 8.49. The van der Waals surface area contributed by atoms with Crippen molar-refractivity contribution in [3.8, 4) is 0 Å². The van der Waals surface area contributed by atoms with Gasteiger partial charge in [-0.25, -0.2) is 18.2 Å². The van der Waals surface area contributed by atoms with Crippen LogP contribution < -0.4 is 0 Å². The van der Waals surface area contributed by atoms with Gasteiger partial charge in [-0.2, -0.15) is 17.5 Å². The van der Waals surface area contributed by atoms with Gasteiger partial charge in [0, 0.05) is 25.5 Å². The summed E-state index contributed by atoms with van der Waals surface area (Å²) in [6, 6.07) is 1.09. The van der Waals surface area contributed by atoms with Gasteiger partial charge in [-0.05, 0) is 43.7 Å². The van der Waals surface area contributed by atoms with Crippen LogP contribution in [0.3, 0.4) is 0 Å². The fraction of sp³-hybridized carbons (Fsp3) is 0.688. The number of rotatable bonds is 7. The highest BCUT2D eigenvalue weighted by Crippen LogP contribution is 2.34. The molecule has 0 aromatic carbocycles. The molecule has 0 aliphatic carbocycles. The van der Waals surface area contributed by atoms with Crippen LogP contribution in [-0.4, -0.2) is 42.8 Å². The molecular formula is C16H23F3N2O4S. The van der Waals surface area contributed by atoms with Crippen molar-refractivity contribution in [2.24, 2.45) is 0 Å². The number of pyridine rings is 1. The van der Waals surface area contributed by atoms with Crippen LogP contribution in [0, 0.1) is 0 Å². The second kappa shape index (κ2) is 8.64. The van der Waals surface area contributed by atoms with E-state index < -0.39 is 27.2 Å². The summed E-state index contributed by atoms with van der Waals surface area (Å²) in [6.45, 7) is 4.04. The number of sulfonamides is 1. The molecule has 1 saturated heterocycles. The molecule has 2 heterocycles. The first-order valence-corrected chi connectivity index (χ1v) is 9.99. The highest BCUT2D eigenvalue weighted by molar-refractivity contribution is 7.89. The maximum absolute atomic E-state index is 12.8. The van der Waals surface area contributed by atoms with Gasteiger partial charge >= 0.3 is 6.18 Å². The Kier molecular flexibility index (Phi) is 7.00. The van der Waals surface area contributed by atoms with E-state index in [1.54, 1.807) is 13.8 Å². The van der Waals surface area contributed by atoms with Gasteiger partial charge in [0.05, 0.1) is 12.2 Å². The van der Waals surface area contributed by atoms with Crippen molar-refractivity contribution in [1.82, 2.24) is 9.29 Å². The van der Waals surface area contributed by atoms with Crippen molar-refractivity contribution in [1.29, 1.82) is 0 Å². The van der Waals surface area contributed by atoms with E-state index in [2.05, 4.69) is 4.98 Å². The summed E-state index contributed by atoms with van der Waals surface area (Å²) in [7, 11) is -3.69. The van der Waals surface area contributed by atoms with Gasteiger partial charge in [0.25, 0.3) is 0 Å². The maximum atomic E-state index is 12.8. The molecular weight excluding hydrogens is 373 g/mol. The Balaban J connectivity index is 2.05. The maximum Gasteiger partial charge on any atom is 0.417 e. The van der Waals surface area contributed by atoms with E-state index in [0.29, 0.717) is 18.4 Å². The topological polar surface area (TPSA) is 68.7 Å². The molecule has 0 radical (unpaired) electrons. The zero-order valence-corrected chi connectivity index (χ0v) is 15.5. The lowest BCUT2D eigenvalue weighted by molar-refractivity contribution is -0.303. The number of hydrogen-bond donors (Lipinski definition) is 0. The Hall–Kier alpha value is -1.23. The molecule has 2 rings (SSSR count). The number of piperidine rings is 1. The number of halogens is 3. The Morgan fingerprint density at radius 3 is 2.46 bits per heavy atom. The molecule has 0 bridgehead atoms. The van der Waals surface area contributed by atoms with Gasteiger partial charge in [0.2, 0.25) is 15.5 Å². The van der Waals surface area contributed by atoms with Gasteiger partial charge in [-0.15, -0.1) is 0 Å². The minimum Gasteiger partial charge on any atom is -0.264 e. The van der Waals surface area contributed by atoms with E-state index >= 15 is 0 Å². The molecule has 1 aliphatic heterocycles. The molecule has 1 fully saturated rings. The van der Waals surface area contributed by atoms with Gasteiger partial charge in [-0.3, -0.25) is 4.98 Å². The monoisotopic (exact) mass is 396 g/mol. The molecule has 1 aromatic heterocycles. The van der Waals surface area contributed by atoms with E-state index in [4.69, 9.17) is 9.78 Å². The van der Waals surface area contributed by atoms with Crippen LogP contribution in [0.25, 0.3) is 0 Å². The molecule has 0 N–H and O–H groups in total. The van der Waals surface area contributed by atoms with Crippen LogP contribution in [0.5, 0.6) is 0 Å². The van der Waals surface area contributed by atoms with Crippen molar-refractivity contribution in [2.45, 2.75) is 50.6 Å². The van der Waals surface area contributed by atoms with Crippen molar-refractivity contribution < 1.29 is 31.4 Å². The van der Waals surface area contributed by atoms with Crippen molar-refractivity contribution in [3.63, 3.8) is 0 Å². The molecule has 26 heavy (non-hydrogen) atoms. The summed E-state index contributed by atoms with van der Waals surface area (Å²) in [5.74, 6) is -0.163. The molecule has 0 saturated carbocycles. The largest absolute Gasteiger partial charge is 0.417 e. The Morgan fingerprint density at radius 1 is 1.27 bits per heavy atom. The quantitative estimate of drug-likeness (QED) is 0.522. The zero-order valence-electron chi connectivity index (χ0n) is 14.7. The van der Waals surface area contributed by atoms with E-state index in [-0.39, 0.29) is 32.0 Å². The molecule has 148 valence electrons. The van der Waals surface area contributed by atoms with E-state index in [1.807, 2.05) is 0 Å². The first-order chi connectivity index (χ1) is 12.2. The lowest BCUT2D eigenvalue weighted by Crippen LogP contribution is -2.44. The molecule has 1 atom stereocenters. The average Bonchev–Trinajstić information content (AvgIpc) is 2.62. The summed E-state index contributed by atoms with van der Waals surface area (Å²) in [5, 5.41) is 0. The second-order valence-corrected chi connectivity index (χ2v) is 8.14. The van der Waals surface area contributed by atoms with Crippen molar-refractivity contribution in [3.05, 3.63) is 29.6 Å². The molecule has 1 aromatic rings. The Morgan fingerprint density at radius 2 is 1.92 bits per heavy atom. The lowest BCUT2D eigenvalue weighted by Gasteiger charge is -2.33. The zero-order chi connectivity index (χ0) is 19.4. The van der Waals surface area contributed by atoms with Gasteiger partial charge < -0.3 is 0 Å². The van der Waals surface area contributed by atoms with E-state index in [9.17, 15) is 21.6 Å². The Bertz CT molecular complexity index is 689. The third-order valence-electron chi connectivity index (χ3n) is 4.33. The van der Waals surface area contributed by atoms with Gasteiger partial charge in [-0.1, -0.05) is 6.92 Å². The van der Waals surface area contributed by atoms with Crippen molar-refractivity contribution in [2.75, 3.05) is 19.7 Å². The minimum absolute atomic E-state index is 0.163. The smallest absolute Gasteiger partial charge is 0.264 e. The predicted octanol–water partition coefficient (Wildman–Crippen LogP) is 3.31. The van der Waals surface area contributed by atoms with Crippen LogP contribution in [0.15, 0.2) is 18.5 Å². The normalized spacial score (nSPS) is 18.8. The third kappa shape index (κ3) is 4.93. The number of aromatic nitrogens is 1. The average molecular weight is 396 g/mol. The van der Waals surface area contributed by atoms with Crippen LogP contribution in [0.4, 0.5) is 13.2 Å². The number of nitrogens with zero attached hydrogens (tertiary/aromatic N) is 2. The summed E-state index contributed by atoms with van der Waals surface area (Å²) >= 11 is 0. The molecule has 1 aliphatic rings. The fourth-order valence-corrected chi connectivity index (χ4v) is 4.55. The Labute approximate surface area is 151 Å². The van der Waals surface area contributed by atoms with E-state index in [1.165, 1.54) is 10.5 Å². The third-order valence-corrected chi connectivity index (χ3v) is 6.49. The molecule has 10 heteroatoms. The van der Waals surface area contributed by atoms with Crippen molar-refractivity contribution >= 4 is 10.0 Å². The number of hydrogen-bond acceptors (Lipinski definition) is 5. The first kappa shape index (κ1) is 21.1.